The molecule has 2 N–H and O–H groups in total. The molecule has 0 aromatic heterocycles. The van der Waals surface area contributed by atoms with Crippen LogP contribution in [0.15, 0.2) is 107 Å². The number of fused-ring (bicyclic) bond motifs is 2. The van der Waals surface area contributed by atoms with Gasteiger partial charge in [-0.3, -0.25) is 10.2 Å². The third-order valence-corrected chi connectivity index (χ3v) is 6.76. The Balaban J connectivity index is 1.21. The normalized spacial score (nSPS) is 11.9. The van der Waals surface area contributed by atoms with Crippen LogP contribution < -0.4 is 20.3 Å². The van der Waals surface area contributed by atoms with Crippen molar-refractivity contribution < 1.29 is 14.3 Å². The van der Waals surface area contributed by atoms with Crippen LogP contribution in [-0.2, 0) is 0 Å². The Bertz CT molecular complexity index is 1760. The van der Waals surface area contributed by atoms with Gasteiger partial charge in [0.1, 0.15) is 11.5 Å². The van der Waals surface area contributed by atoms with Crippen LogP contribution in [0, 0.1) is 0 Å². The monoisotopic (exact) mass is 530 g/mol. The maximum Gasteiger partial charge on any atom is 0.271 e. The number of amides is 1. The molecule has 0 aliphatic heterocycles. The number of benzene rings is 5. The molecule has 0 saturated heterocycles. The highest BCUT2D eigenvalue weighted by Crippen LogP contribution is 2.23. The summed E-state index contributed by atoms with van der Waals surface area (Å²) < 4.78 is 10.6. The van der Waals surface area contributed by atoms with Crippen LogP contribution in [-0.4, -0.2) is 31.6 Å². The van der Waals surface area contributed by atoms with Gasteiger partial charge in [-0.1, -0.05) is 36.4 Å². The number of anilines is 1. The zero-order valence-electron chi connectivity index (χ0n) is 22.9. The minimum absolute atomic E-state index is 0.288. The number of hydrazone groups is 2. The molecule has 0 heterocycles. The summed E-state index contributed by atoms with van der Waals surface area (Å²) in [7, 11) is 3.32. The highest BCUT2D eigenvalue weighted by atomic mass is 16.5. The third kappa shape index (κ3) is 5.94. The Hall–Kier alpha value is -5.17. The van der Waals surface area contributed by atoms with Gasteiger partial charge in [0.05, 0.1) is 31.3 Å². The van der Waals surface area contributed by atoms with E-state index in [1.807, 2.05) is 86.6 Å². The van der Waals surface area contributed by atoms with Crippen LogP contribution in [0.5, 0.6) is 11.5 Å². The molecular weight excluding hydrogens is 500 g/mol. The lowest BCUT2D eigenvalue weighted by Crippen LogP contribution is -2.19. The summed E-state index contributed by atoms with van der Waals surface area (Å²) in [6.07, 6.45) is 0. The smallest absolute Gasteiger partial charge is 0.271 e. The van der Waals surface area contributed by atoms with Gasteiger partial charge >= 0.3 is 0 Å². The Kier molecular flexibility index (Phi) is 7.73. The van der Waals surface area contributed by atoms with E-state index in [9.17, 15) is 4.79 Å². The van der Waals surface area contributed by atoms with Crippen LogP contribution in [0.25, 0.3) is 21.5 Å². The number of hydrogen-bond acceptors (Lipinski definition) is 6. The molecule has 5 rings (SSSR count). The Morgan fingerprint density at radius 2 is 1.02 bits per heavy atom. The van der Waals surface area contributed by atoms with Crippen molar-refractivity contribution in [3.63, 3.8) is 0 Å². The highest BCUT2D eigenvalue weighted by Gasteiger charge is 2.07. The SMILES string of the molecule is COc1ccc2cc(/C(C)=N/NC(=O)c3ccc(N/N=C(\C)c4ccc5cc(OC)ccc5c4)cc3)ccc2c1. The number of methoxy groups -OCH3 is 2. The lowest BCUT2D eigenvalue weighted by atomic mass is 10.0. The van der Waals surface area contributed by atoms with Crippen LogP contribution in [0.4, 0.5) is 5.69 Å². The summed E-state index contributed by atoms with van der Waals surface area (Å²) in [5, 5.41) is 13.2. The van der Waals surface area contributed by atoms with Gasteiger partial charge in [-0.05, 0) is 107 Å². The van der Waals surface area contributed by atoms with E-state index in [0.717, 1.165) is 55.6 Å². The topological polar surface area (TPSA) is 84.3 Å². The minimum atomic E-state index is -0.288. The molecule has 0 aliphatic rings. The first kappa shape index (κ1) is 26.4. The Morgan fingerprint density at radius 3 is 1.55 bits per heavy atom. The zero-order valence-corrected chi connectivity index (χ0v) is 22.9. The van der Waals surface area contributed by atoms with Crippen molar-refractivity contribution in [2.75, 3.05) is 19.6 Å². The number of carbonyl (C=O) groups excluding carboxylic acids is 1. The van der Waals surface area contributed by atoms with E-state index >= 15 is 0 Å². The standard InChI is InChI=1S/C33H30N4O3/c1-21(24-5-7-28-19-31(39-3)15-11-26(28)17-24)34-36-30-13-9-23(10-14-30)33(38)37-35-22(2)25-6-8-29-20-32(40-4)16-12-27(29)18-25/h5-20,36H,1-4H3,(H,37,38)/b34-21+,35-22+. The lowest BCUT2D eigenvalue weighted by Gasteiger charge is -2.08. The number of nitrogens with one attached hydrogen (secondary N) is 2. The molecule has 0 bridgehead atoms. The second-order valence-electron chi connectivity index (χ2n) is 9.38. The second-order valence-corrected chi connectivity index (χ2v) is 9.38. The van der Waals surface area contributed by atoms with E-state index < -0.39 is 0 Å². The summed E-state index contributed by atoms with van der Waals surface area (Å²) in [4.78, 5) is 12.7. The summed E-state index contributed by atoms with van der Waals surface area (Å²) in [5.74, 6) is 1.36. The molecule has 7 heteroatoms. The molecule has 200 valence electrons. The lowest BCUT2D eigenvalue weighted by molar-refractivity contribution is 0.0955. The van der Waals surface area contributed by atoms with Crippen molar-refractivity contribution in [3.8, 4) is 11.5 Å². The van der Waals surface area contributed by atoms with Gasteiger partial charge in [0.2, 0.25) is 0 Å². The molecule has 0 saturated carbocycles. The molecule has 5 aromatic rings. The van der Waals surface area contributed by atoms with E-state index in [4.69, 9.17) is 9.47 Å². The van der Waals surface area contributed by atoms with Gasteiger partial charge in [0.25, 0.3) is 5.91 Å². The summed E-state index contributed by atoms with van der Waals surface area (Å²) in [5.41, 5.74) is 10.5. The predicted octanol–water partition coefficient (Wildman–Crippen LogP) is 7.00. The summed E-state index contributed by atoms with van der Waals surface area (Å²) in [6, 6.07) is 31.2. The zero-order chi connectivity index (χ0) is 28.1. The molecule has 0 spiro atoms. The fourth-order valence-corrected chi connectivity index (χ4v) is 4.32. The molecule has 0 aliphatic carbocycles. The number of carbonyl (C=O) groups is 1. The predicted molar refractivity (Wildman–Crippen MR) is 163 cm³/mol. The van der Waals surface area contributed by atoms with E-state index in [1.165, 1.54) is 0 Å². The van der Waals surface area contributed by atoms with Crippen molar-refractivity contribution in [2.24, 2.45) is 10.2 Å². The number of rotatable bonds is 8. The van der Waals surface area contributed by atoms with Gasteiger partial charge in [-0.15, -0.1) is 0 Å². The quantitative estimate of drug-likeness (QED) is 0.167. The van der Waals surface area contributed by atoms with Gasteiger partial charge in [-0.2, -0.15) is 10.2 Å². The average Bonchev–Trinajstić information content (AvgIpc) is 3.01. The van der Waals surface area contributed by atoms with Crippen LogP contribution in [0.1, 0.15) is 35.3 Å². The van der Waals surface area contributed by atoms with E-state index in [1.54, 1.807) is 26.4 Å². The van der Waals surface area contributed by atoms with Crippen molar-refractivity contribution >= 4 is 44.6 Å². The first-order valence-electron chi connectivity index (χ1n) is 12.8. The van der Waals surface area contributed by atoms with Crippen molar-refractivity contribution in [1.82, 2.24) is 5.43 Å². The molecule has 7 nitrogen and oxygen atoms in total. The number of ether oxygens (including phenoxy) is 2. The van der Waals surface area contributed by atoms with Crippen molar-refractivity contribution in [1.29, 1.82) is 0 Å². The van der Waals surface area contributed by atoms with E-state index in [2.05, 4.69) is 33.2 Å². The first-order chi connectivity index (χ1) is 19.4. The maximum absolute atomic E-state index is 12.7. The number of nitrogens with zero attached hydrogens (tertiary/aromatic N) is 2. The molecule has 0 atom stereocenters. The first-order valence-corrected chi connectivity index (χ1v) is 12.8. The van der Waals surface area contributed by atoms with Crippen molar-refractivity contribution in [2.45, 2.75) is 13.8 Å². The molecule has 5 aromatic carbocycles. The van der Waals surface area contributed by atoms with Gasteiger partial charge in [0, 0.05) is 5.56 Å². The summed E-state index contributed by atoms with van der Waals surface area (Å²) >= 11 is 0. The molecule has 0 unspecified atom stereocenters. The maximum atomic E-state index is 12.7. The van der Waals surface area contributed by atoms with Gasteiger partial charge < -0.3 is 9.47 Å². The molecule has 0 radical (unpaired) electrons. The summed E-state index contributed by atoms with van der Waals surface area (Å²) in [6.45, 7) is 3.82. The third-order valence-electron chi connectivity index (χ3n) is 6.76. The minimum Gasteiger partial charge on any atom is -0.497 e. The van der Waals surface area contributed by atoms with E-state index in [0.29, 0.717) is 11.3 Å². The van der Waals surface area contributed by atoms with Gasteiger partial charge in [-0.25, -0.2) is 5.43 Å². The highest BCUT2D eigenvalue weighted by molar-refractivity contribution is 6.04. The Labute approximate surface area is 233 Å². The van der Waals surface area contributed by atoms with E-state index in [-0.39, 0.29) is 5.91 Å². The number of hydrogen-bond donors (Lipinski definition) is 2. The van der Waals surface area contributed by atoms with Crippen LogP contribution >= 0.6 is 0 Å². The largest absolute Gasteiger partial charge is 0.497 e. The van der Waals surface area contributed by atoms with Crippen LogP contribution in [0.2, 0.25) is 0 Å². The fourth-order valence-electron chi connectivity index (χ4n) is 4.32. The Morgan fingerprint density at radius 1 is 0.575 bits per heavy atom. The van der Waals surface area contributed by atoms with Crippen molar-refractivity contribution in [3.05, 3.63) is 114 Å². The average molecular weight is 531 g/mol. The van der Waals surface area contributed by atoms with Gasteiger partial charge in [0.15, 0.2) is 0 Å². The fraction of sp³-hybridized carbons (Fsp3) is 0.121. The molecule has 0 fully saturated rings. The molecule has 40 heavy (non-hydrogen) atoms. The molecule has 1 amide bonds. The van der Waals surface area contributed by atoms with Crippen LogP contribution in [0.3, 0.4) is 0 Å². The molecular formula is C33H30N4O3. The second kappa shape index (κ2) is 11.7.